The third-order valence-electron chi connectivity index (χ3n) is 1.30. The molecule has 1 aromatic rings. The quantitative estimate of drug-likeness (QED) is 0.464. The van der Waals surface area contributed by atoms with Gasteiger partial charge in [0.05, 0.1) is 6.61 Å². The molecule has 0 spiro atoms. The van der Waals surface area contributed by atoms with E-state index in [0.29, 0.717) is 0 Å². The van der Waals surface area contributed by atoms with Crippen LogP contribution < -0.4 is 18.9 Å². The van der Waals surface area contributed by atoms with E-state index >= 15 is 0 Å². The first-order valence-corrected chi connectivity index (χ1v) is 2.99. The van der Waals surface area contributed by atoms with Crippen molar-refractivity contribution in [3.8, 4) is 0 Å². The minimum absolute atomic E-state index is 0. The largest absolute Gasteiger partial charge is 1.00 e. The Balaban J connectivity index is 0. The Morgan fingerprint density at radius 1 is 1.30 bits per heavy atom. The molecule has 0 aliphatic heterocycles. The van der Waals surface area contributed by atoms with Crippen molar-refractivity contribution in [3.63, 3.8) is 0 Å². The van der Waals surface area contributed by atoms with Crippen LogP contribution >= 0.6 is 0 Å². The maximum absolute atomic E-state index is 8.63. The van der Waals surface area contributed by atoms with Crippen LogP contribution in [0.3, 0.4) is 0 Å². The minimum Gasteiger partial charge on any atom is -1.00 e. The predicted molar refractivity (Wildman–Crippen MR) is 38.2 cm³/mol. The fourth-order valence-electron chi connectivity index (χ4n) is 0.693. The topological polar surface area (TPSA) is 20.2 Å². The van der Waals surface area contributed by atoms with E-state index in [0.717, 1.165) is 5.56 Å². The Kier molecular flexibility index (Phi) is 4.47. The van der Waals surface area contributed by atoms with Crippen LogP contribution in [0.25, 0.3) is 0 Å². The molecule has 0 unspecified atom stereocenters. The molecule has 0 saturated heterocycles. The zero-order valence-corrected chi connectivity index (χ0v) is 6.46. The molecule has 1 rings (SSSR count). The summed E-state index contributed by atoms with van der Waals surface area (Å²) in [6.45, 7) is 2.17. The van der Waals surface area contributed by atoms with Crippen molar-refractivity contribution >= 4 is 0 Å². The van der Waals surface area contributed by atoms with E-state index in [1.165, 1.54) is 5.56 Å². The van der Waals surface area contributed by atoms with Gasteiger partial charge in [0.15, 0.2) is 0 Å². The van der Waals surface area contributed by atoms with Crippen LogP contribution in [-0.2, 0) is 6.61 Å². The number of aryl methyl sites for hydroxylation is 1. The van der Waals surface area contributed by atoms with Crippen LogP contribution in [0.2, 0.25) is 0 Å². The van der Waals surface area contributed by atoms with Gasteiger partial charge in [-0.2, -0.15) is 0 Å². The molecule has 0 aliphatic rings. The fraction of sp³-hybridized carbons (Fsp3) is 0.250. The van der Waals surface area contributed by atoms with Crippen molar-refractivity contribution < 1.29 is 25.4 Å². The summed E-state index contributed by atoms with van der Waals surface area (Å²) in [4.78, 5) is 0. The Labute approximate surface area is 74.7 Å². The van der Waals surface area contributed by atoms with Crippen molar-refractivity contribution in [2.75, 3.05) is 0 Å². The summed E-state index contributed by atoms with van der Waals surface area (Å²) in [6, 6.07) is 7.84. The average Bonchev–Trinajstić information content (AvgIpc) is 1.90. The monoisotopic (exact) mass is 130 g/mol. The van der Waals surface area contributed by atoms with Gasteiger partial charge in [-0.1, -0.05) is 29.8 Å². The summed E-state index contributed by atoms with van der Waals surface area (Å²) in [7, 11) is 0. The van der Waals surface area contributed by atoms with E-state index in [-0.39, 0.29) is 26.9 Å². The van der Waals surface area contributed by atoms with Crippen LogP contribution in [0.1, 0.15) is 12.6 Å². The molecule has 0 amide bonds. The van der Waals surface area contributed by atoms with Crippen LogP contribution in [-0.4, -0.2) is 5.11 Å². The number of aliphatic hydroxyl groups is 1. The van der Waals surface area contributed by atoms with Gasteiger partial charge in [-0.25, -0.2) is 0 Å². The molecule has 1 nitrogen and oxygen atoms in total. The second-order valence-corrected chi connectivity index (χ2v) is 2.14. The molecule has 0 bridgehead atoms. The summed E-state index contributed by atoms with van der Waals surface area (Å²) in [5.41, 5.74) is 2.20. The minimum atomic E-state index is 0. The van der Waals surface area contributed by atoms with Crippen LogP contribution in [0, 0.1) is 6.92 Å². The molecule has 0 fully saturated rings. The normalized spacial score (nSPS) is 8.60. The van der Waals surface area contributed by atoms with Gasteiger partial charge < -0.3 is 6.53 Å². The first-order valence-electron chi connectivity index (χ1n) is 2.99. The number of hydrogen-bond acceptors (Lipinski definition) is 1. The van der Waals surface area contributed by atoms with E-state index < -0.39 is 0 Å². The van der Waals surface area contributed by atoms with Gasteiger partial charge in [-0.05, 0) is 12.5 Å². The molecular weight excluding hydrogens is 119 g/mol. The molecule has 1 N–H and O–H groups in total. The van der Waals surface area contributed by atoms with Crippen molar-refractivity contribution in [3.05, 3.63) is 35.4 Å². The summed E-state index contributed by atoms with van der Waals surface area (Å²) in [6.07, 6.45) is 0. The van der Waals surface area contributed by atoms with Crippen LogP contribution in [0.15, 0.2) is 24.3 Å². The van der Waals surface area contributed by atoms with Crippen molar-refractivity contribution in [1.82, 2.24) is 0 Å². The summed E-state index contributed by atoms with van der Waals surface area (Å²) < 4.78 is 0. The van der Waals surface area contributed by atoms with Gasteiger partial charge >= 0.3 is 18.9 Å². The molecule has 0 aliphatic carbocycles. The summed E-state index contributed by atoms with van der Waals surface area (Å²) in [5, 5.41) is 8.63. The van der Waals surface area contributed by atoms with Gasteiger partial charge in [-0.15, -0.1) is 0 Å². The first kappa shape index (κ1) is 9.78. The Hall–Kier alpha value is -0.223. The van der Waals surface area contributed by atoms with Gasteiger partial charge in [0.25, 0.3) is 0 Å². The standard InChI is InChI=1S/C8H10O.Li.H/c1-7-2-4-8(6-9)5-3-7;;/h2-5,9H,6H2,1H3;;/q;+1;-1. The third-order valence-corrected chi connectivity index (χ3v) is 1.30. The average molecular weight is 130 g/mol. The van der Waals surface area contributed by atoms with Gasteiger partial charge in [0.2, 0.25) is 0 Å². The molecule has 0 radical (unpaired) electrons. The van der Waals surface area contributed by atoms with Gasteiger partial charge in [0, 0.05) is 0 Å². The molecule has 1 aromatic carbocycles. The maximum atomic E-state index is 8.63. The van der Waals surface area contributed by atoms with E-state index in [9.17, 15) is 0 Å². The number of rotatable bonds is 1. The van der Waals surface area contributed by atoms with E-state index in [4.69, 9.17) is 5.11 Å². The molecule has 50 valence electrons. The van der Waals surface area contributed by atoms with Gasteiger partial charge in [0.1, 0.15) is 0 Å². The predicted octanol–water partition coefficient (Wildman–Crippen LogP) is -1.40. The molecule has 0 atom stereocenters. The smallest absolute Gasteiger partial charge is 1.00 e. The number of benzene rings is 1. The molecule has 0 heterocycles. The van der Waals surface area contributed by atoms with E-state index in [1.54, 1.807) is 0 Å². The van der Waals surface area contributed by atoms with Crippen LogP contribution in [0.5, 0.6) is 0 Å². The second-order valence-electron chi connectivity index (χ2n) is 2.14. The van der Waals surface area contributed by atoms with E-state index in [1.807, 2.05) is 31.2 Å². The summed E-state index contributed by atoms with van der Waals surface area (Å²) >= 11 is 0. The van der Waals surface area contributed by atoms with Crippen LogP contribution in [0.4, 0.5) is 0 Å². The van der Waals surface area contributed by atoms with E-state index in [2.05, 4.69) is 0 Å². The van der Waals surface area contributed by atoms with Crippen molar-refractivity contribution in [2.45, 2.75) is 13.5 Å². The van der Waals surface area contributed by atoms with Gasteiger partial charge in [-0.3, -0.25) is 0 Å². The molecular formula is C8H11LiO. The van der Waals surface area contributed by atoms with Crippen molar-refractivity contribution in [2.24, 2.45) is 0 Å². The number of aliphatic hydroxyl groups excluding tert-OH is 1. The number of hydrogen-bond donors (Lipinski definition) is 1. The molecule has 0 saturated carbocycles. The zero-order chi connectivity index (χ0) is 6.69. The van der Waals surface area contributed by atoms with Crippen molar-refractivity contribution in [1.29, 1.82) is 0 Å². The maximum Gasteiger partial charge on any atom is 1.00 e. The zero-order valence-electron chi connectivity index (χ0n) is 7.46. The molecule has 10 heavy (non-hydrogen) atoms. The SMILES string of the molecule is Cc1ccc(CO)cc1.[H-].[Li+]. The fourth-order valence-corrected chi connectivity index (χ4v) is 0.693. The second kappa shape index (κ2) is 4.57. The Morgan fingerprint density at radius 2 is 1.80 bits per heavy atom. The molecule has 0 aromatic heterocycles. The first-order chi connectivity index (χ1) is 4.33. The Bertz CT molecular complexity index is 186. The summed E-state index contributed by atoms with van der Waals surface area (Å²) in [5.74, 6) is 0. The third kappa shape index (κ3) is 2.58. The Morgan fingerprint density at radius 3 is 2.20 bits per heavy atom. The molecule has 2 heteroatoms.